The molecular weight excluding hydrogens is 492 g/mol. The number of hydrazone groups is 1. The van der Waals surface area contributed by atoms with Crippen LogP contribution >= 0.6 is 12.2 Å². The van der Waals surface area contributed by atoms with Crippen LogP contribution in [-0.2, 0) is 20.7 Å². The fraction of sp³-hybridized carbons (Fsp3) is 0.259. The third kappa shape index (κ3) is 7.17. The van der Waals surface area contributed by atoms with E-state index in [2.05, 4.69) is 27.7 Å². The summed E-state index contributed by atoms with van der Waals surface area (Å²) in [5.74, 6) is 0.261. The van der Waals surface area contributed by atoms with Gasteiger partial charge in [0, 0.05) is 11.3 Å². The molecule has 1 amide bonds. The van der Waals surface area contributed by atoms with Gasteiger partial charge in [0.2, 0.25) is 0 Å². The van der Waals surface area contributed by atoms with Gasteiger partial charge in [0.05, 0.1) is 31.5 Å². The molecule has 0 saturated heterocycles. The molecule has 3 N–H and O–H groups in total. The maximum absolute atomic E-state index is 12.7. The van der Waals surface area contributed by atoms with E-state index in [4.69, 9.17) is 26.4 Å². The Hall–Kier alpha value is -4.18. The maximum atomic E-state index is 12.7. The Balaban J connectivity index is 1.69. The molecule has 0 spiro atoms. The van der Waals surface area contributed by atoms with Crippen LogP contribution in [0.5, 0.6) is 11.5 Å². The fourth-order valence-corrected chi connectivity index (χ4v) is 4.08. The van der Waals surface area contributed by atoms with Crippen molar-refractivity contribution in [1.82, 2.24) is 16.1 Å². The summed E-state index contributed by atoms with van der Waals surface area (Å²) in [6, 6.07) is 12.1. The zero-order valence-corrected chi connectivity index (χ0v) is 21.8. The third-order valence-electron chi connectivity index (χ3n) is 5.42. The van der Waals surface area contributed by atoms with Gasteiger partial charge in [0.1, 0.15) is 11.5 Å². The van der Waals surface area contributed by atoms with Crippen LogP contribution in [0.1, 0.15) is 36.6 Å². The predicted molar refractivity (Wildman–Crippen MR) is 146 cm³/mol. The molecule has 0 radical (unpaired) electrons. The number of amides is 1. The number of nitrogens with zero attached hydrogens (tertiary/aromatic N) is 1. The van der Waals surface area contributed by atoms with Crippen molar-refractivity contribution in [1.29, 1.82) is 0 Å². The average molecular weight is 523 g/mol. The van der Waals surface area contributed by atoms with E-state index >= 15 is 0 Å². The Bertz CT molecular complexity index is 1240. The van der Waals surface area contributed by atoms with Crippen LogP contribution in [0, 0.1) is 0 Å². The fourth-order valence-electron chi connectivity index (χ4n) is 3.81. The molecule has 1 heterocycles. The number of esters is 1. The summed E-state index contributed by atoms with van der Waals surface area (Å²) in [7, 11) is 1.61. The molecule has 10 heteroatoms. The van der Waals surface area contributed by atoms with E-state index in [-0.39, 0.29) is 13.2 Å². The number of carbonyl (C=O) groups is 2. The highest BCUT2D eigenvalue weighted by atomic mass is 32.1. The van der Waals surface area contributed by atoms with Crippen molar-refractivity contribution in [3.8, 4) is 11.5 Å². The molecule has 1 atom stereocenters. The second kappa shape index (κ2) is 13.2. The topological polar surface area (TPSA) is 110 Å². The minimum Gasteiger partial charge on any atom is -0.496 e. The Morgan fingerprint density at radius 2 is 2.00 bits per heavy atom. The first-order valence-corrected chi connectivity index (χ1v) is 12.1. The minimum absolute atomic E-state index is 0.234. The molecule has 0 aliphatic carbocycles. The van der Waals surface area contributed by atoms with Gasteiger partial charge >= 0.3 is 5.97 Å². The number of nitrogens with one attached hydrogen (secondary N) is 3. The normalized spacial score (nSPS) is 15.0. The van der Waals surface area contributed by atoms with Gasteiger partial charge in [-0.1, -0.05) is 24.3 Å². The van der Waals surface area contributed by atoms with Crippen molar-refractivity contribution in [2.45, 2.75) is 26.3 Å². The van der Waals surface area contributed by atoms with E-state index in [1.807, 2.05) is 24.3 Å². The smallest absolute Gasteiger partial charge is 0.338 e. The highest BCUT2D eigenvalue weighted by Gasteiger charge is 2.32. The Labute approximate surface area is 221 Å². The number of methoxy groups -OCH3 is 1. The zero-order valence-electron chi connectivity index (χ0n) is 21.0. The maximum Gasteiger partial charge on any atom is 0.338 e. The lowest BCUT2D eigenvalue weighted by Gasteiger charge is -2.30. The van der Waals surface area contributed by atoms with Gasteiger partial charge in [-0.25, -0.2) is 10.2 Å². The van der Waals surface area contributed by atoms with Crippen molar-refractivity contribution in [3.63, 3.8) is 0 Å². The van der Waals surface area contributed by atoms with Crippen LogP contribution in [0.3, 0.4) is 0 Å². The standard InChI is InChI=1S/C27H30N4O5S/c1-5-9-19-14-18(12-13-21(19)34-4)15-28-31-23(32)16-36-22-11-8-7-10-20(22)25-24(26(33)35-6-2)17(3)29-27(37)30-25/h5,7-8,10-15,25H,1,6,9,16H2,2-4H3,(H,31,32)(H2,29,30,37)/t25-/m1/s1. The van der Waals surface area contributed by atoms with Crippen LogP contribution < -0.4 is 25.5 Å². The van der Waals surface area contributed by atoms with E-state index in [9.17, 15) is 9.59 Å². The molecule has 0 fully saturated rings. The summed E-state index contributed by atoms with van der Waals surface area (Å²) >= 11 is 5.30. The first-order valence-electron chi connectivity index (χ1n) is 11.6. The van der Waals surface area contributed by atoms with Crippen molar-refractivity contribution in [3.05, 3.63) is 83.1 Å². The van der Waals surface area contributed by atoms with E-state index in [1.165, 1.54) is 6.21 Å². The Kier molecular flexibility index (Phi) is 9.79. The highest BCUT2D eigenvalue weighted by molar-refractivity contribution is 7.80. The number of hydrogen-bond acceptors (Lipinski definition) is 7. The lowest BCUT2D eigenvalue weighted by molar-refractivity contribution is -0.139. The first kappa shape index (κ1) is 27.4. The Morgan fingerprint density at radius 1 is 1.22 bits per heavy atom. The summed E-state index contributed by atoms with van der Waals surface area (Å²) in [5, 5.41) is 10.4. The van der Waals surface area contributed by atoms with Crippen molar-refractivity contribution < 1.29 is 23.8 Å². The van der Waals surface area contributed by atoms with Crippen molar-refractivity contribution >= 4 is 35.4 Å². The largest absolute Gasteiger partial charge is 0.496 e. The van der Waals surface area contributed by atoms with E-state index in [0.717, 1.165) is 16.9 Å². The summed E-state index contributed by atoms with van der Waals surface area (Å²) in [4.78, 5) is 25.1. The number of allylic oxidation sites excluding steroid dienone is 2. The average Bonchev–Trinajstić information content (AvgIpc) is 2.87. The van der Waals surface area contributed by atoms with Gasteiger partial charge < -0.3 is 24.8 Å². The highest BCUT2D eigenvalue weighted by Crippen LogP contribution is 2.33. The predicted octanol–water partition coefficient (Wildman–Crippen LogP) is 3.31. The SMILES string of the molecule is C=CCc1cc(C=NNC(=O)COc2ccccc2[C@H]2NC(=S)NC(C)=C2C(=O)OCC)ccc1OC. The Morgan fingerprint density at radius 3 is 2.73 bits per heavy atom. The third-order valence-corrected chi connectivity index (χ3v) is 5.64. The second-order valence-corrected chi connectivity index (χ2v) is 8.38. The van der Waals surface area contributed by atoms with Crippen LogP contribution in [0.15, 0.2) is 71.5 Å². The summed E-state index contributed by atoms with van der Waals surface area (Å²) in [6.45, 7) is 7.20. The number of rotatable bonds is 11. The first-order chi connectivity index (χ1) is 17.9. The molecule has 2 aromatic carbocycles. The van der Waals surface area contributed by atoms with Gasteiger partial charge in [0.25, 0.3) is 5.91 Å². The molecule has 0 saturated carbocycles. The molecule has 194 valence electrons. The van der Waals surface area contributed by atoms with E-state index in [0.29, 0.717) is 34.1 Å². The van der Waals surface area contributed by atoms with Gasteiger partial charge in [-0.05, 0) is 67.9 Å². The van der Waals surface area contributed by atoms with Crippen molar-refractivity contribution in [2.24, 2.45) is 5.10 Å². The van der Waals surface area contributed by atoms with Gasteiger partial charge in [-0.15, -0.1) is 6.58 Å². The number of thiocarbonyl (C=S) groups is 1. The summed E-state index contributed by atoms with van der Waals surface area (Å²) in [6.07, 6.45) is 3.97. The summed E-state index contributed by atoms with van der Waals surface area (Å²) in [5.41, 5.74) is 5.83. The van der Waals surface area contributed by atoms with Gasteiger partial charge in [-0.2, -0.15) is 5.10 Å². The molecule has 9 nitrogen and oxygen atoms in total. The van der Waals surface area contributed by atoms with Crippen LogP contribution in [0.25, 0.3) is 0 Å². The quantitative estimate of drug-likeness (QED) is 0.136. The monoisotopic (exact) mass is 522 g/mol. The number of para-hydroxylation sites is 1. The van der Waals surface area contributed by atoms with Gasteiger partial charge in [0.15, 0.2) is 11.7 Å². The lowest BCUT2D eigenvalue weighted by atomic mass is 9.95. The van der Waals surface area contributed by atoms with Crippen LogP contribution in [0.2, 0.25) is 0 Å². The van der Waals surface area contributed by atoms with E-state index < -0.39 is 17.9 Å². The number of ether oxygens (including phenoxy) is 3. The van der Waals surface area contributed by atoms with Crippen LogP contribution in [-0.4, -0.2) is 43.5 Å². The molecule has 0 aromatic heterocycles. The molecule has 0 unspecified atom stereocenters. The number of hydrogen-bond donors (Lipinski definition) is 3. The minimum atomic E-state index is -0.607. The summed E-state index contributed by atoms with van der Waals surface area (Å²) < 4.78 is 16.4. The zero-order chi connectivity index (χ0) is 26.8. The van der Waals surface area contributed by atoms with Crippen LogP contribution in [0.4, 0.5) is 0 Å². The second-order valence-electron chi connectivity index (χ2n) is 7.97. The molecule has 37 heavy (non-hydrogen) atoms. The molecular formula is C27H30N4O5S. The van der Waals surface area contributed by atoms with Gasteiger partial charge in [-0.3, -0.25) is 4.79 Å². The molecule has 1 aliphatic rings. The number of carbonyl (C=O) groups excluding carboxylic acids is 2. The van der Waals surface area contributed by atoms with Crippen molar-refractivity contribution in [2.75, 3.05) is 20.3 Å². The molecule has 3 rings (SSSR count). The van der Waals surface area contributed by atoms with E-state index in [1.54, 1.807) is 45.2 Å². The molecule has 2 aromatic rings. The molecule has 0 bridgehead atoms. The number of benzene rings is 2. The lowest BCUT2D eigenvalue weighted by Crippen LogP contribution is -2.45. The molecule has 1 aliphatic heterocycles.